The van der Waals surface area contributed by atoms with E-state index in [-0.39, 0.29) is 24.9 Å². The SMILES string of the molecule is CCOCCCC(=O)NC1CCC(C(F)(F)F)NC1. The molecule has 0 aliphatic carbocycles. The molecule has 2 atom stereocenters. The number of alkyl halides is 3. The zero-order valence-electron chi connectivity index (χ0n) is 11.1. The molecule has 1 amide bonds. The van der Waals surface area contributed by atoms with Crippen molar-refractivity contribution in [2.75, 3.05) is 19.8 Å². The normalized spacial score (nSPS) is 24.2. The van der Waals surface area contributed by atoms with Crippen molar-refractivity contribution in [1.29, 1.82) is 0 Å². The number of carbonyl (C=O) groups excluding carboxylic acids is 1. The molecule has 0 saturated carbocycles. The van der Waals surface area contributed by atoms with E-state index in [2.05, 4.69) is 10.6 Å². The fourth-order valence-corrected chi connectivity index (χ4v) is 2.04. The van der Waals surface area contributed by atoms with Gasteiger partial charge in [-0.1, -0.05) is 0 Å². The summed E-state index contributed by atoms with van der Waals surface area (Å²) in [6.07, 6.45) is -2.86. The molecule has 0 spiro atoms. The van der Waals surface area contributed by atoms with Crippen LogP contribution >= 0.6 is 0 Å². The van der Waals surface area contributed by atoms with Gasteiger partial charge in [-0.3, -0.25) is 4.79 Å². The lowest BCUT2D eigenvalue weighted by atomic mass is 10.0. The van der Waals surface area contributed by atoms with Gasteiger partial charge in [-0.05, 0) is 26.2 Å². The third kappa shape index (κ3) is 6.24. The second-order valence-corrected chi connectivity index (χ2v) is 4.64. The summed E-state index contributed by atoms with van der Waals surface area (Å²) in [6.45, 7) is 3.20. The van der Waals surface area contributed by atoms with Crippen LogP contribution < -0.4 is 10.6 Å². The lowest BCUT2D eigenvalue weighted by Crippen LogP contribution is -2.54. The Kier molecular flexibility index (Phi) is 6.57. The summed E-state index contributed by atoms with van der Waals surface area (Å²) in [4.78, 5) is 11.5. The molecule has 4 nitrogen and oxygen atoms in total. The molecule has 0 aromatic carbocycles. The molecular weight excluding hydrogens is 261 g/mol. The molecule has 19 heavy (non-hydrogen) atoms. The van der Waals surface area contributed by atoms with Crippen molar-refractivity contribution in [2.45, 2.75) is 50.9 Å². The number of ether oxygens (including phenoxy) is 1. The van der Waals surface area contributed by atoms with Crippen molar-refractivity contribution in [3.8, 4) is 0 Å². The Morgan fingerprint density at radius 1 is 1.42 bits per heavy atom. The van der Waals surface area contributed by atoms with Crippen LogP contribution in [0.15, 0.2) is 0 Å². The Balaban J connectivity index is 2.16. The van der Waals surface area contributed by atoms with Crippen molar-refractivity contribution >= 4 is 5.91 Å². The molecule has 2 unspecified atom stereocenters. The summed E-state index contributed by atoms with van der Waals surface area (Å²) < 4.78 is 42.3. The van der Waals surface area contributed by atoms with E-state index >= 15 is 0 Å². The van der Waals surface area contributed by atoms with Gasteiger partial charge in [0.25, 0.3) is 0 Å². The predicted octanol–water partition coefficient (Wildman–Crippen LogP) is 1.60. The summed E-state index contributed by atoms with van der Waals surface area (Å²) in [5, 5.41) is 5.17. The van der Waals surface area contributed by atoms with E-state index in [1.807, 2.05) is 6.92 Å². The average Bonchev–Trinajstić information content (AvgIpc) is 2.34. The number of halogens is 3. The second-order valence-electron chi connectivity index (χ2n) is 4.64. The minimum absolute atomic E-state index is 0.00733. The molecule has 1 aliphatic heterocycles. The highest BCUT2D eigenvalue weighted by Gasteiger charge is 2.41. The maximum absolute atomic E-state index is 12.4. The lowest BCUT2D eigenvalue weighted by Gasteiger charge is -2.31. The van der Waals surface area contributed by atoms with Crippen molar-refractivity contribution < 1.29 is 22.7 Å². The molecule has 112 valence electrons. The Morgan fingerprint density at radius 2 is 2.16 bits per heavy atom. The van der Waals surface area contributed by atoms with Gasteiger partial charge in [-0.2, -0.15) is 13.2 Å². The summed E-state index contributed by atoms with van der Waals surface area (Å²) in [6, 6.07) is -1.66. The molecule has 1 aliphatic rings. The Hall–Kier alpha value is -0.820. The number of carbonyl (C=O) groups is 1. The molecule has 0 aromatic heterocycles. The molecule has 1 saturated heterocycles. The van der Waals surface area contributed by atoms with Gasteiger partial charge in [-0.25, -0.2) is 0 Å². The number of hydrogen-bond donors (Lipinski definition) is 2. The first-order valence-corrected chi connectivity index (χ1v) is 6.60. The monoisotopic (exact) mass is 282 g/mol. The molecule has 0 bridgehead atoms. The fourth-order valence-electron chi connectivity index (χ4n) is 2.04. The fraction of sp³-hybridized carbons (Fsp3) is 0.917. The maximum Gasteiger partial charge on any atom is 0.403 e. The van der Waals surface area contributed by atoms with E-state index in [1.54, 1.807) is 0 Å². The lowest BCUT2D eigenvalue weighted by molar-refractivity contribution is -0.161. The molecule has 0 radical (unpaired) electrons. The Labute approximate surface area is 111 Å². The highest BCUT2D eigenvalue weighted by atomic mass is 19.4. The Morgan fingerprint density at radius 3 is 2.68 bits per heavy atom. The smallest absolute Gasteiger partial charge is 0.382 e. The van der Waals surface area contributed by atoms with Crippen LogP contribution in [0.4, 0.5) is 13.2 Å². The topological polar surface area (TPSA) is 50.4 Å². The molecule has 1 heterocycles. The number of amides is 1. The zero-order chi connectivity index (χ0) is 14.3. The van der Waals surface area contributed by atoms with E-state index in [9.17, 15) is 18.0 Å². The third-order valence-corrected chi connectivity index (χ3v) is 3.07. The zero-order valence-corrected chi connectivity index (χ0v) is 11.1. The quantitative estimate of drug-likeness (QED) is 0.728. The van der Waals surface area contributed by atoms with Crippen molar-refractivity contribution in [1.82, 2.24) is 10.6 Å². The van der Waals surface area contributed by atoms with Crippen LogP contribution in [0.3, 0.4) is 0 Å². The summed E-state index contributed by atoms with van der Waals surface area (Å²) >= 11 is 0. The van der Waals surface area contributed by atoms with Gasteiger partial charge in [-0.15, -0.1) is 0 Å². The van der Waals surface area contributed by atoms with Crippen molar-refractivity contribution in [3.05, 3.63) is 0 Å². The van der Waals surface area contributed by atoms with Crippen molar-refractivity contribution in [2.24, 2.45) is 0 Å². The van der Waals surface area contributed by atoms with Crippen LogP contribution in [0.2, 0.25) is 0 Å². The van der Waals surface area contributed by atoms with Crippen LogP contribution in [0, 0.1) is 0 Å². The minimum Gasteiger partial charge on any atom is -0.382 e. The maximum atomic E-state index is 12.4. The third-order valence-electron chi connectivity index (χ3n) is 3.07. The molecule has 1 rings (SSSR count). The van der Waals surface area contributed by atoms with Gasteiger partial charge in [0.05, 0.1) is 0 Å². The molecule has 7 heteroatoms. The second kappa shape index (κ2) is 7.69. The molecule has 1 fully saturated rings. The molecule has 0 aromatic rings. The van der Waals surface area contributed by atoms with E-state index < -0.39 is 12.2 Å². The summed E-state index contributed by atoms with van der Waals surface area (Å²) in [5.74, 6) is -0.128. The Bertz CT molecular complexity index is 277. The van der Waals surface area contributed by atoms with Gasteiger partial charge < -0.3 is 15.4 Å². The van der Waals surface area contributed by atoms with E-state index in [4.69, 9.17) is 4.74 Å². The average molecular weight is 282 g/mol. The van der Waals surface area contributed by atoms with Crippen LogP contribution in [0.5, 0.6) is 0 Å². The van der Waals surface area contributed by atoms with E-state index in [0.29, 0.717) is 32.5 Å². The molecule has 2 N–H and O–H groups in total. The number of piperidine rings is 1. The number of rotatable bonds is 6. The minimum atomic E-state index is -4.20. The largest absolute Gasteiger partial charge is 0.403 e. The summed E-state index contributed by atoms with van der Waals surface area (Å²) in [5.41, 5.74) is 0. The van der Waals surface area contributed by atoms with Crippen LogP contribution in [0.1, 0.15) is 32.6 Å². The van der Waals surface area contributed by atoms with Crippen LogP contribution in [-0.2, 0) is 9.53 Å². The standard InChI is InChI=1S/C12H21F3N2O2/c1-2-19-7-3-4-11(18)17-9-5-6-10(16-8-9)12(13,14)15/h9-10,16H,2-8H2,1H3,(H,17,18). The first-order valence-electron chi connectivity index (χ1n) is 6.60. The number of hydrogen-bond acceptors (Lipinski definition) is 3. The van der Waals surface area contributed by atoms with Gasteiger partial charge >= 0.3 is 6.18 Å². The van der Waals surface area contributed by atoms with E-state index in [1.165, 1.54) is 0 Å². The van der Waals surface area contributed by atoms with Gasteiger partial charge in [0.1, 0.15) is 6.04 Å². The van der Waals surface area contributed by atoms with Gasteiger partial charge in [0.15, 0.2) is 0 Å². The van der Waals surface area contributed by atoms with E-state index in [0.717, 1.165) is 0 Å². The van der Waals surface area contributed by atoms with Crippen molar-refractivity contribution in [3.63, 3.8) is 0 Å². The number of nitrogens with one attached hydrogen (secondary N) is 2. The van der Waals surface area contributed by atoms with Gasteiger partial charge in [0.2, 0.25) is 5.91 Å². The highest BCUT2D eigenvalue weighted by Crippen LogP contribution is 2.26. The van der Waals surface area contributed by atoms with Crippen LogP contribution in [0.25, 0.3) is 0 Å². The predicted molar refractivity (Wildman–Crippen MR) is 64.7 cm³/mol. The molecular formula is C12H21F3N2O2. The first kappa shape index (κ1) is 16.2. The van der Waals surface area contributed by atoms with Crippen LogP contribution in [-0.4, -0.2) is 43.9 Å². The van der Waals surface area contributed by atoms with Gasteiger partial charge in [0, 0.05) is 32.2 Å². The first-order chi connectivity index (χ1) is 8.93. The highest BCUT2D eigenvalue weighted by molar-refractivity contribution is 5.76. The summed E-state index contributed by atoms with van der Waals surface area (Å²) in [7, 11) is 0.